The van der Waals surface area contributed by atoms with Crippen LogP contribution in [0.15, 0.2) is 42.6 Å². The predicted octanol–water partition coefficient (Wildman–Crippen LogP) is 5.13. The monoisotopic (exact) mass is 362 g/mol. The third-order valence-corrected chi connectivity index (χ3v) is 5.75. The molecule has 0 saturated heterocycles. The Morgan fingerprint density at radius 3 is 2.96 bits per heavy atom. The molecule has 3 rings (SSSR count). The fraction of sp³-hybridized carbons (Fsp3) is 0.176. The minimum absolute atomic E-state index is 0.00772. The fourth-order valence-electron chi connectivity index (χ4n) is 2.28. The number of carbonyl (C=O) groups excluding carboxylic acids is 1. The molecule has 2 aromatic heterocycles. The molecule has 1 N–H and O–H groups in total. The van der Waals surface area contributed by atoms with Crippen LogP contribution in [0.4, 0.5) is 5.69 Å². The Balaban J connectivity index is 1.63. The maximum absolute atomic E-state index is 12.2. The van der Waals surface area contributed by atoms with E-state index < -0.39 is 0 Å². The fourth-order valence-corrected chi connectivity index (χ4v) is 4.31. The van der Waals surface area contributed by atoms with Gasteiger partial charge < -0.3 is 5.32 Å². The first kappa shape index (κ1) is 16.3. The number of aryl methyl sites for hydroxylation is 1. The number of thiophene rings is 1. The van der Waals surface area contributed by atoms with Crippen molar-refractivity contribution in [1.82, 2.24) is 4.98 Å². The largest absolute Gasteiger partial charge is 0.325 e. The number of nitrogens with one attached hydrogen (secondary N) is 1. The van der Waals surface area contributed by atoms with Crippen molar-refractivity contribution >= 4 is 57.2 Å². The molecule has 0 aliphatic heterocycles. The van der Waals surface area contributed by atoms with Crippen LogP contribution in [0.5, 0.6) is 0 Å². The van der Waals surface area contributed by atoms with Crippen LogP contribution in [-0.2, 0) is 10.5 Å². The van der Waals surface area contributed by atoms with Crippen molar-refractivity contribution in [3.05, 3.63) is 57.4 Å². The van der Waals surface area contributed by atoms with Gasteiger partial charge in [-0.25, -0.2) is 0 Å². The first-order valence-corrected chi connectivity index (χ1v) is 9.44. The zero-order chi connectivity index (χ0) is 16.2. The zero-order valence-electron chi connectivity index (χ0n) is 12.5. The molecule has 23 heavy (non-hydrogen) atoms. The normalized spacial score (nSPS) is 10.9. The average molecular weight is 363 g/mol. The summed E-state index contributed by atoms with van der Waals surface area (Å²) < 4.78 is 0.781. The summed E-state index contributed by atoms with van der Waals surface area (Å²) in [5, 5.41) is 3.95. The number of fused-ring (bicyclic) bond motifs is 1. The highest BCUT2D eigenvalue weighted by Crippen LogP contribution is 2.26. The van der Waals surface area contributed by atoms with Crippen LogP contribution in [0.3, 0.4) is 0 Å². The van der Waals surface area contributed by atoms with E-state index in [9.17, 15) is 4.79 Å². The molecule has 0 spiro atoms. The molecule has 0 aliphatic carbocycles. The molecule has 1 aromatic carbocycles. The van der Waals surface area contributed by atoms with E-state index in [1.807, 2.05) is 43.3 Å². The zero-order valence-corrected chi connectivity index (χ0v) is 14.9. The van der Waals surface area contributed by atoms with Crippen LogP contribution in [0.1, 0.15) is 10.4 Å². The quantitative estimate of drug-likeness (QED) is 0.684. The molecule has 0 fully saturated rings. The highest BCUT2D eigenvalue weighted by Gasteiger charge is 2.08. The summed E-state index contributed by atoms with van der Waals surface area (Å²) >= 11 is 9.03. The van der Waals surface area contributed by atoms with Crippen molar-refractivity contribution in [2.24, 2.45) is 0 Å². The number of carbonyl (C=O) groups is 1. The molecule has 1 amide bonds. The number of amides is 1. The predicted molar refractivity (Wildman–Crippen MR) is 101 cm³/mol. The summed E-state index contributed by atoms with van der Waals surface area (Å²) in [5.74, 6) is 1.19. The molecule has 0 radical (unpaired) electrons. The van der Waals surface area contributed by atoms with Crippen LogP contribution >= 0.6 is 34.7 Å². The summed E-state index contributed by atoms with van der Waals surface area (Å²) in [6, 6.07) is 11.6. The topological polar surface area (TPSA) is 42.0 Å². The Hall–Kier alpha value is -1.56. The number of pyridine rings is 1. The Morgan fingerprint density at radius 1 is 1.30 bits per heavy atom. The Morgan fingerprint density at radius 2 is 2.17 bits per heavy atom. The van der Waals surface area contributed by atoms with Gasteiger partial charge in [0.05, 0.1) is 21.3 Å². The Kier molecular flexibility index (Phi) is 5.20. The van der Waals surface area contributed by atoms with E-state index in [-0.39, 0.29) is 5.91 Å². The lowest BCUT2D eigenvalue weighted by atomic mass is 10.1. The molecule has 0 saturated carbocycles. The van der Waals surface area contributed by atoms with Crippen LogP contribution in [0.25, 0.3) is 10.9 Å². The van der Waals surface area contributed by atoms with E-state index in [1.54, 1.807) is 29.3 Å². The minimum Gasteiger partial charge on any atom is -0.325 e. The number of hydrogen-bond donors (Lipinski definition) is 1. The van der Waals surface area contributed by atoms with Gasteiger partial charge in [0, 0.05) is 22.2 Å². The number of hydrogen-bond acceptors (Lipinski definition) is 4. The molecule has 0 bridgehead atoms. The van der Waals surface area contributed by atoms with Gasteiger partial charge in [0.1, 0.15) is 0 Å². The molecule has 0 atom stereocenters. The van der Waals surface area contributed by atoms with Gasteiger partial charge >= 0.3 is 0 Å². The van der Waals surface area contributed by atoms with Crippen molar-refractivity contribution in [3.8, 4) is 0 Å². The van der Waals surface area contributed by atoms with Crippen molar-refractivity contribution in [2.45, 2.75) is 12.7 Å². The lowest BCUT2D eigenvalue weighted by molar-refractivity contribution is -0.113. The smallest absolute Gasteiger partial charge is 0.234 e. The summed E-state index contributed by atoms with van der Waals surface area (Å²) in [6.45, 7) is 2.02. The lowest BCUT2D eigenvalue weighted by Crippen LogP contribution is -2.14. The number of aromatic nitrogens is 1. The second kappa shape index (κ2) is 7.34. The van der Waals surface area contributed by atoms with Crippen molar-refractivity contribution < 1.29 is 4.79 Å². The van der Waals surface area contributed by atoms with E-state index in [2.05, 4.69) is 10.3 Å². The molecule has 118 valence electrons. The van der Waals surface area contributed by atoms with Gasteiger partial charge in [0.2, 0.25) is 5.91 Å². The van der Waals surface area contributed by atoms with E-state index in [0.717, 1.165) is 32.2 Å². The van der Waals surface area contributed by atoms with E-state index in [1.165, 1.54) is 4.88 Å². The van der Waals surface area contributed by atoms with Crippen LogP contribution in [0, 0.1) is 6.92 Å². The second-order valence-electron chi connectivity index (χ2n) is 5.08. The third-order valence-electron chi connectivity index (χ3n) is 3.35. The molecular weight excluding hydrogens is 348 g/mol. The van der Waals surface area contributed by atoms with E-state index in [0.29, 0.717) is 5.75 Å². The number of thioether (sulfide) groups is 1. The molecule has 3 aromatic rings. The maximum atomic E-state index is 12.2. The van der Waals surface area contributed by atoms with Crippen molar-refractivity contribution in [1.29, 1.82) is 0 Å². The Bertz CT molecular complexity index is 847. The number of anilines is 1. The highest BCUT2D eigenvalue weighted by atomic mass is 35.5. The summed E-state index contributed by atoms with van der Waals surface area (Å²) in [4.78, 5) is 17.7. The van der Waals surface area contributed by atoms with Gasteiger partial charge in [-0.05, 0) is 42.8 Å². The molecule has 0 unspecified atom stereocenters. The number of benzene rings is 1. The van der Waals surface area contributed by atoms with Crippen LogP contribution < -0.4 is 5.32 Å². The number of nitrogens with zero attached hydrogens (tertiary/aromatic N) is 1. The first-order valence-electron chi connectivity index (χ1n) is 7.09. The summed E-state index contributed by atoms with van der Waals surface area (Å²) in [5.41, 5.74) is 2.83. The molecule has 2 heterocycles. The number of halogens is 1. The van der Waals surface area contributed by atoms with Crippen molar-refractivity contribution in [2.75, 3.05) is 11.1 Å². The van der Waals surface area contributed by atoms with E-state index >= 15 is 0 Å². The van der Waals surface area contributed by atoms with Crippen LogP contribution in [0.2, 0.25) is 4.34 Å². The minimum atomic E-state index is -0.00772. The maximum Gasteiger partial charge on any atom is 0.234 e. The standard InChI is InChI=1S/C17H15ClN2OS2/c1-11-4-6-14(13-3-2-8-19-17(11)13)20-16(21)10-22-9-12-5-7-15(18)23-12/h2-8H,9-10H2,1H3,(H,20,21). The van der Waals surface area contributed by atoms with Gasteiger partial charge in [-0.15, -0.1) is 23.1 Å². The molecular formula is C17H15ClN2OS2. The van der Waals surface area contributed by atoms with Gasteiger partial charge in [0.25, 0.3) is 0 Å². The van der Waals surface area contributed by atoms with Gasteiger partial charge in [0.15, 0.2) is 0 Å². The van der Waals surface area contributed by atoms with Crippen LogP contribution in [-0.4, -0.2) is 16.6 Å². The van der Waals surface area contributed by atoms with E-state index in [4.69, 9.17) is 11.6 Å². The first-order chi connectivity index (χ1) is 11.1. The highest BCUT2D eigenvalue weighted by molar-refractivity contribution is 7.99. The van der Waals surface area contributed by atoms with Crippen molar-refractivity contribution in [3.63, 3.8) is 0 Å². The van der Waals surface area contributed by atoms with Gasteiger partial charge in [-0.2, -0.15) is 0 Å². The summed E-state index contributed by atoms with van der Waals surface area (Å²) in [6.07, 6.45) is 1.77. The average Bonchev–Trinajstić information content (AvgIpc) is 2.96. The van der Waals surface area contributed by atoms with Gasteiger partial charge in [-0.3, -0.25) is 9.78 Å². The SMILES string of the molecule is Cc1ccc(NC(=O)CSCc2ccc(Cl)s2)c2cccnc12. The van der Waals surface area contributed by atoms with Gasteiger partial charge in [-0.1, -0.05) is 17.7 Å². The lowest BCUT2D eigenvalue weighted by Gasteiger charge is -2.09. The number of rotatable bonds is 5. The molecule has 6 heteroatoms. The Labute approximate surface area is 148 Å². The molecule has 0 aliphatic rings. The second-order valence-corrected chi connectivity index (χ2v) is 7.86. The molecule has 3 nitrogen and oxygen atoms in total. The summed E-state index contributed by atoms with van der Waals surface area (Å²) in [7, 11) is 0. The third kappa shape index (κ3) is 4.05.